The second-order valence-corrected chi connectivity index (χ2v) is 18.8. The van der Waals surface area contributed by atoms with Crippen molar-refractivity contribution in [2.75, 3.05) is 31.2 Å². The number of thiol groups is 2. The van der Waals surface area contributed by atoms with Crippen LogP contribution < -0.4 is 70.8 Å². The number of guanidine groups is 1. The molecule has 0 spiro atoms. The highest BCUT2D eigenvalue weighted by Gasteiger charge is 2.36. The summed E-state index contributed by atoms with van der Waals surface area (Å²) in [5.74, 6) is -11.6. The number of rotatable bonds is 35. The van der Waals surface area contributed by atoms with Crippen LogP contribution in [0.5, 0.6) is 5.75 Å². The van der Waals surface area contributed by atoms with E-state index in [1.54, 1.807) is 39.8 Å². The zero-order valence-corrected chi connectivity index (χ0v) is 43.8. The number of aliphatic carboxylic acids is 1. The predicted molar refractivity (Wildman–Crippen MR) is 278 cm³/mol. The number of phenolic OH excluding ortho intramolecular Hbond substituents is 1. The van der Waals surface area contributed by atoms with Crippen LogP contribution in [0.2, 0.25) is 0 Å². The number of unbranched alkanes of at least 4 members (excludes halogenated alkanes) is 1. The van der Waals surface area contributed by atoms with Gasteiger partial charge in [-0.15, -0.1) is 0 Å². The maximum atomic E-state index is 14.0. The molecule has 74 heavy (non-hydrogen) atoms. The Hall–Kier alpha value is -6.43. The number of carbonyl (C=O) groups is 10. The van der Waals surface area contributed by atoms with E-state index in [4.69, 9.17) is 28.3 Å². The van der Waals surface area contributed by atoms with E-state index in [1.165, 1.54) is 12.1 Å². The van der Waals surface area contributed by atoms with Crippen molar-refractivity contribution >= 4 is 90.4 Å². The maximum absolute atomic E-state index is 14.0. The first kappa shape index (κ1) is 65.6. The van der Waals surface area contributed by atoms with Gasteiger partial charge in [-0.2, -0.15) is 25.3 Å². The summed E-state index contributed by atoms with van der Waals surface area (Å²) in [4.78, 5) is 132. The third-order valence-electron chi connectivity index (χ3n) is 11.0. The molecular weight excluding hydrogens is 1010 g/mol. The molecular formula is C45H76N14O13S2. The molecule has 0 aromatic heterocycles. The van der Waals surface area contributed by atoms with Gasteiger partial charge >= 0.3 is 5.97 Å². The molecule has 0 saturated carbocycles. The van der Waals surface area contributed by atoms with Gasteiger partial charge in [0.25, 0.3) is 0 Å². The number of primary amides is 1. The molecule has 1 aromatic rings. The van der Waals surface area contributed by atoms with Gasteiger partial charge in [-0.25, -0.2) is 4.79 Å². The molecule has 29 heteroatoms. The van der Waals surface area contributed by atoms with Gasteiger partial charge in [0.05, 0.1) is 19.1 Å². The van der Waals surface area contributed by atoms with Crippen molar-refractivity contribution in [2.24, 2.45) is 34.8 Å². The minimum absolute atomic E-state index is 0.0181. The number of aromatic hydroxyl groups is 1. The Morgan fingerprint density at radius 2 is 1.07 bits per heavy atom. The van der Waals surface area contributed by atoms with Crippen molar-refractivity contribution in [2.45, 2.75) is 133 Å². The summed E-state index contributed by atoms with van der Waals surface area (Å²) >= 11 is 8.10. The van der Waals surface area contributed by atoms with Crippen LogP contribution in [0.15, 0.2) is 24.3 Å². The summed E-state index contributed by atoms with van der Waals surface area (Å²) in [5, 5.41) is 58.9. The largest absolute Gasteiger partial charge is 0.508 e. The smallest absolute Gasteiger partial charge is 0.327 e. The van der Waals surface area contributed by atoms with Crippen LogP contribution >= 0.6 is 25.3 Å². The highest BCUT2D eigenvalue weighted by Crippen LogP contribution is 2.13. The molecule has 0 aliphatic rings. The van der Waals surface area contributed by atoms with Gasteiger partial charge in [0, 0.05) is 18.1 Å². The highest BCUT2D eigenvalue weighted by atomic mass is 32.1. The highest BCUT2D eigenvalue weighted by molar-refractivity contribution is 7.80. The number of phenols is 1. The number of nitrogens with one attached hydrogen (secondary N) is 10. The molecule has 0 radical (unpaired) electrons. The first-order valence-corrected chi connectivity index (χ1v) is 25.1. The molecule has 9 amide bonds. The molecule has 21 N–H and O–H groups in total. The Balaban J connectivity index is 3.34. The van der Waals surface area contributed by atoms with Crippen molar-refractivity contribution in [1.29, 1.82) is 5.41 Å². The van der Waals surface area contributed by atoms with Gasteiger partial charge < -0.3 is 86.1 Å². The lowest BCUT2D eigenvalue weighted by Gasteiger charge is -2.29. The topological polar surface area (TPSA) is 468 Å². The first-order valence-electron chi connectivity index (χ1n) is 23.9. The third kappa shape index (κ3) is 24.5. The van der Waals surface area contributed by atoms with Gasteiger partial charge in [0.2, 0.25) is 53.2 Å². The lowest BCUT2D eigenvalue weighted by atomic mass is 10.0. The number of carboxylic acids is 1. The van der Waals surface area contributed by atoms with Crippen molar-refractivity contribution in [3.8, 4) is 5.75 Å². The van der Waals surface area contributed by atoms with E-state index in [1.807, 2.05) is 0 Å². The number of nitrogens with two attached hydrogens (primary N) is 4. The average Bonchev–Trinajstić information content (AvgIpc) is 3.32. The van der Waals surface area contributed by atoms with Crippen LogP contribution in [0.1, 0.15) is 78.2 Å². The van der Waals surface area contributed by atoms with Gasteiger partial charge in [0.15, 0.2) is 5.96 Å². The van der Waals surface area contributed by atoms with E-state index < -0.39 is 132 Å². The SMILES string of the molecule is CC(C)C[C@H](NC(=O)[C@H](CO)NC(=O)[C@H](CCCCN)NC(=O)[C@@H](NC(=O)[C@H](CCCNC(=N)N)NC(=O)[C@H](CS)NC(=O)[C@@H](N)Cc1ccc(O)cc1)C(C)C)C(=O)N[C@@H](CC(N)=O)C(=O)N[C@@H](CS)C(=O)O. The van der Waals surface area contributed by atoms with Gasteiger partial charge in [-0.3, -0.25) is 48.6 Å². The Bertz CT molecular complexity index is 2070. The Labute approximate surface area is 440 Å². The monoisotopic (exact) mass is 1080 g/mol. The maximum Gasteiger partial charge on any atom is 0.327 e. The number of hydrogen-bond acceptors (Lipinski definition) is 17. The molecule has 9 atom stereocenters. The average molecular weight is 1090 g/mol. The van der Waals surface area contributed by atoms with Crippen molar-refractivity contribution in [1.82, 2.24) is 47.9 Å². The third-order valence-corrected chi connectivity index (χ3v) is 11.7. The summed E-state index contributed by atoms with van der Waals surface area (Å²) in [7, 11) is 0. The lowest BCUT2D eigenvalue weighted by molar-refractivity contribution is -0.142. The summed E-state index contributed by atoms with van der Waals surface area (Å²) in [6, 6.07) is -6.76. The zero-order chi connectivity index (χ0) is 56.2. The fraction of sp³-hybridized carbons (Fsp3) is 0.622. The summed E-state index contributed by atoms with van der Waals surface area (Å²) in [6.07, 6.45) is 0.0240. The lowest BCUT2D eigenvalue weighted by Crippen LogP contribution is -2.61. The van der Waals surface area contributed by atoms with E-state index in [2.05, 4.69) is 73.1 Å². The van der Waals surface area contributed by atoms with Crippen LogP contribution in [-0.4, -0.2) is 166 Å². The molecule has 0 saturated heterocycles. The Morgan fingerprint density at radius 1 is 0.608 bits per heavy atom. The molecule has 27 nitrogen and oxygen atoms in total. The predicted octanol–water partition coefficient (Wildman–Crippen LogP) is -4.95. The molecule has 0 heterocycles. The zero-order valence-electron chi connectivity index (χ0n) is 42.0. The van der Waals surface area contributed by atoms with Crippen LogP contribution in [0.4, 0.5) is 0 Å². The summed E-state index contributed by atoms with van der Waals surface area (Å²) < 4.78 is 0. The van der Waals surface area contributed by atoms with Crippen molar-refractivity contribution < 1.29 is 63.3 Å². The number of benzene rings is 1. The summed E-state index contributed by atoms with van der Waals surface area (Å²) in [5.41, 5.74) is 23.1. The van der Waals surface area contributed by atoms with Crippen molar-refractivity contribution in [3.63, 3.8) is 0 Å². The molecule has 0 unspecified atom stereocenters. The fourth-order valence-corrected chi connectivity index (χ4v) is 7.42. The molecule has 0 aliphatic heterocycles. The van der Waals surface area contributed by atoms with E-state index in [-0.39, 0.29) is 80.7 Å². The number of carboxylic acid groups (broad SMARTS) is 1. The first-order chi connectivity index (χ1) is 34.8. The minimum atomic E-state index is -1.72. The van der Waals surface area contributed by atoms with Crippen LogP contribution in [0.25, 0.3) is 0 Å². The normalized spacial score (nSPS) is 14.7. The van der Waals surface area contributed by atoms with E-state index in [9.17, 15) is 63.3 Å². The van der Waals surface area contributed by atoms with Crippen LogP contribution in [-0.2, 0) is 54.4 Å². The van der Waals surface area contributed by atoms with E-state index in [0.717, 1.165) is 0 Å². The Morgan fingerprint density at radius 3 is 1.58 bits per heavy atom. The second-order valence-electron chi connectivity index (χ2n) is 18.1. The van der Waals surface area contributed by atoms with E-state index in [0.29, 0.717) is 12.0 Å². The van der Waals surface area contributed by atoms with Crippen molar-refractivity contribution in [3.05, 3.63) is 29.8 Å². The summed E-state index contributed by atoms with van der Waals surface area (Å²) in [6.45, 7) is 5.91. The number of aliphatic hydroxyl groups is 1. The number of aliphatic hydroxyl groups excluding tert-OH is 1. The second kappa shape index (κ2) is 34.1. The van der Waals surface area contributed by atoms with Gasteiger partial charge in [-0.05, 0) is 81.0 Å². The Kier molecular flexibility index (Phi) is 30.3. The standard InChI is InChI=1S/C45H76N14O13S2/c1-22(2)16-29(39(66)55-30(18-34(48)62)40(67)58-33(21-74)44(71)72)54-41(68)31(19-60)56-37(64)27(8-5-6-14-46)53-43(70)35(23(3)4)59-38(65)28(9-7-15-51-45(49)50)52-42(69)32(20-73)57-36(63)26(47)17-24-10-12-25(61)13-11-24/h10-13,22-23,26-33,35,60-61,73-74H,5-9,14-21,46-47H2,1-4H3,(H2,48,62)(H,52,69)(H,53,70)(H,54,68)(H,55,66)(H,56,64)(H,57,63)(H,58,67)(H,59,65)(H,71,72)(H4,49,50,51)/t26-,27-,28-,29-,30-,31-,32-,33-,35-/m0/s1. The molecule has 0 bridgehead atoms. The molecule has 0 fully saturated rings. The number of hydrogen-bond donors (Lipinski definition) is 19. The minimum Gasteiger partial charge on any atom is -0.508 e. The fourth-order valence-electron chi connectivity index (χ4n) is 6.92. The quantitative estimate of drug-likeness (QED) is 0.0131. The number of amides is 9. The van der Waals surface area contributed by atoms with Crippen LogP contribution in [0, 0.1) is 17.2 Å². The van der Waals surface area contributed by atoms with E-state index >= 15 is 0 Å². The molecule has 1 rings (SSSR count). The van der Waals surface area contributed by atoms with Gasteiger partial charge in [-0.1, -0.05) is 39.8 Å². The molecule has 416 valence electrons. The van der Waals surface area contributed by atoms with Gasteiger partial charge in [0.1, 0.15) is 54.1 Å². The number of carbonyl (C=O) groups excluding carboxylic acids is 9. The molecule has 0 aliphatic carbocycles. The van der Waals surface area contributed by atoms with Crippen LogP contribution in [0.3, 0.4) is 0 Å². The molecule has 1 aromatic carbocycles.